The summed E-state index contributed by atoms with van der Waals surface area (Å²) >= 11 is 0. The Bertz CT molecular complexity index is 548. The molecule has 2 heterocycles. The van der Waals surface area contributed by atoms with Gasteiger partial charge in [-0.15, -0.1) is 0 Å². The van der Waals surface area contributed by atoms with Gasteiger partial charge in [0.25, 0.3) is 0 Å². The van der Waals surface area contributed by atoms with Gasteiger partial charge in [-0.1, -0.05) is 0 Å². The number of sulfonamides is 1. The molecule has 118 valence electrons. The Kier molecular flexibility index (Phi) is 5.32. The second kappa shape index (κ2) is 6.83. The van der Waals surface area contributed by atoms with E-state index in [0.717, 1.165) is 5.56 Å². The van der Waals surface area contributed by atoms with Crippen LogP contribution in [-0.2, 0) is 16.4 Å². The molecule has 0 bridgehead atoms. The number of hydrogen-bond acceptors (Lipinski definition) is 5. The Hall–Kier alpha value is -1.02. The minimum absolute atomic E-state index is 0.0632. The molecule has 1 aliphatic rings. The van der Waals surface area contributed by atoms with Gasteiger partial charge in [-0.3, -0.25) is 4.98 Å². The lowest BCUT2D eigenvalue weighted by atomic mass is 10.2. The number of aryl methyl sites for hydroxylation is 1. The van der Waals surface area contributed by atoms with Gasteiger partial charge in [-0.25, -0.2) is 8.42 Å². The normalized spacial score (nSPS) is 23.8. The van der Waals surface area contributed by atoms with E-state index < -0.39 is 16.1 Å². The highest BCUT2D eigenvalue weighted by atomic mass is 32.2. The quantitative estimate of drug-likeness (QED) is 0.797. The number of rotatable bonds is 6. The molecule has 2 atom stereocenters. The molecule has 0 radical (unpaired) electrons. The van der Waals surface area contributed by atoms with Crippen LogP contribution in [0.5, 0.6) is 0 Å². The van der Waals surface area contributed by atoms with Gasteiger partial charge in [0.2, 0.25) is 10.0 Å². The smallest absolute Gasteiger partial charge is 0.214 e. The van der Waals surface area contributed by atoms with Crippen LogP contribution in [0, 0.1) is 0 Å². The fraction of sp³-hybridized carbons (Fsp3) is 0.643. The summed E-state index contributed by atoms with van der Waals surface area (Å²) in [5.74, 6) is 0.0632. The standard InChI is InChI=1S/C14H23N3O3S/c1-16(2)10-13-9-14(18)11-17(13)21(19,20)8-5-12-3-6-15-7-4-12/h3-4,6-7,13-14,18H,5,8-11H2,1-2H3. The number of pyridine rings is 1. The molecular formula is C14H23N3O3S. The number of aromatic nitrogens is 1. The molecule has 2 rings (SSSR count). The molecule has 1 N–H and O–H groups in total. The van der Waals surface area contributed by atoms with E-state index in [1.807, 2.05) is 31.1 Å². The third-order valence-corrected chi connectivity index (χ3v) is 5.56. The minimum Gasteiger partial charge on any atom is -0.392 e. The van der Waals surface area contributed by atoms with Crippen LogP contribution in [-0.4, -0.2) is 72.8 Å². The van der Waals surface area contributed by atoms with Crippen LogP contribution in [0.15, 0.2) is 24.5 Å². The lowest BCUT2D eigenvalue weighted by molar-refractivity contribution is 0.188. The summed E-state index contributed by atoms with van der Waals surface area (Å²) in [7, 11) is 0.459. The Morgan fingerprint density at radius 1 is 1.38 bits per heavy atom. The molecule has 0 saturated carbocycles. The summed E-state index contributed by atoms with van der Waals surface area (Å²) in [5, 5.41) is 9.80. The van der Waals surface area contributed by atoms with Crippen LogP contribution in [0.2, 0.25) is 0 Å². The van der Waals surface area contributed by atoms with Gasteiger partial charge in [0.1, 0.15) is 0 Å². The third-order valence-electron chi connectivity index (χ3n) is 3.67. The van der Waals surface area contributed by atoms with E-state index in [1.165, 1.54) is 4.31 Å². The van der Waals surface area contributed by atoms with Crippen molar-refractivity contribution < 1.29 is 13.5 Å². The van der Waals surface area contributed by atoms with Gasteiger partial charge in [0.05, 0.1) is 11.9 Å². The van der Waals surface area contributed by atoms with Crippen LogP contribution in [0.4, 0.5) is 0 Å². The Morgan fingerprint density at radius 3 is 2.67 bits per heavy atom. The lowest BCUT2D eigenvalue weighted by Crippen LogP contribution is -2.42. The summed E-state index contributed by atoms with van der Waals surface area (Å²) in [5.41, 5.74) is 0.956. The van der Waals surface area contributed by atoms with Gasteiger partial charge < -0.3 is 10.0 Å². The van der Waals surface area contributed by atoms with Crippen LogP contribution in [0.3, 0.4) is 0 Å². The number of nitrogens with zero attached hydrogens (tertiary/aromatic N) is 3. The molecule has 21 heavy (non-hydrogen) atoms. The van der Waals surface area contributed by atoms with Gasteiger partial charge in [0, 0.05) is 31.5 Å². The van der Waals surface area contributed by atoms with E-state index in [4.69, 9.17) is 0 Å². The predicted molar refractivity (Wildman–Crippen MR) is 81.4 cm³/mol. The number of likely N-dealkylation sites (N-methyl/N-ethyl adjacent to an activating group) is 1. The molecule has 2 unspecified atom stereocenters. The Morgan fingerprint density at radius 2 is 2.05 bits per heavy atom. The van der Waals surface area contributed by atoms with Crippen molar-refractivity contribution in [3.63, 3.8) is 0 Å². The van der Waals surface area contributed by atoms with Crippen molar-refractivity contribution in [1.29, 1.82) is 0 Å². The highest BCUT2D eigenvalue weighted by Crippen LogP contribution is 2.23. The maximum atomic E-state index is 12.5. The summed E-state index contributed by atoms with van der Waals surface area (Å²) in [4.78, 5) is 5.88. The molecule has 6 nitrogen and oxygen atoms in total. The second-order valence-electron chi connectivity index (χ2n) is 5.80. The number of hydrogen-bond donors (Lipinski definition) is 1. The predicted octanol–water partition coefficient (Wildman–Crippen LogP) is -0.0493. The van der Waals surface area contributed by atoms with E-state index in [2.05, 4.69) is 4.98 Å². The first-order valence-electron chi connectivity index (χ1n) is 7.09. The second-order valence-corrected chi connectivity index (χ2v) is 7.84. The van der Waals surface area contributed by atoms with Crippen molar-refractivity contribution >= 4 is 10.0 Å². The largest absolute Gasteiger partial charge is 0.392 e. The molecule has 0 aliphatic carbocycles. The van der Waals surface area contributed by atoms with Crippen molar-refractivity contribution in [2.24, 2.45) is 0 Å². The summed E-state index contributed by atoms with van der Waals surface area (Å²) < 4.78 is 26.5. The first kappa shape index (κ1) is 16.4. The number of β-amino-alcohol motifs (C(OH)–C–C–N with tert-alkyl or cyclic N) is 1. The lowest BCUT2D eigenvalue weighted by Gasteiger charge is -2.26. The number of aliphatic hydroxyl groups is 1. The molecule has 1 saturated heterocycles. The molecule has 0 spiro atoms. The summed E-state index contributed by atoms with van der Waals surface area (Å²) in [6, 6.07) is 3.51. The van der Waals surface area contributed by atoms with Gasteiger partial charge in [-0.05, 0) is 44.6 Å². The van der Waals surface area contributed by atoms with Crippen LogP contribution < -0.4 is 0 Å². The summed E-state index contributed by atoms with van der Waals surface area (Å²) in [6.45, 7) is 0.836. The van der Waals surface area contributed by atoms with Crippen LogP contribution >= 0.6 is 0 Å². The topological polar surface area (TPSA) is 73.7 Å². The van der Waals surface area contributed by atoms with Crippen LogP contribution in [0.1, 0.15) is 12.0 Å². The fourth-order valence-electron chi connectivity index (χ4n) is 2.70. The first-order valence-corrected chi connectivity index (χ1v) is 8.70. The maximum absolute atomic E-state index is 12.5. The highest BCUT2D eigenvalue weighted by Gasteiger charge is 2.38. The first-order chi connectivity index (χ1) is 9.88. The van der Waals surface area contributed by atoms with E-state index in [-0.39, 0.29) is 18.3 Å². The van der Waals surface area contributed by atoms with Crippen molar-refractivity contribution in [1.82, 2.24) is 14.2 Å². The summed E-state index contributed by atoms with van der Waals surface area (Å²) in [6.07, 6.45) is 3.73. The van der Waals surface area contributed by atoms with E-state index >= 15 is 0 Å². The van der Waals surface area contributed by atoms with Crippen molar-refractivity contribution in [2.45, 2.75) is 25.0 Å². The molecule has 1 aromatic heterocycles. The van der Waals surface area contributed by atoms with E-state index in [1.54, 1.807) is 12.4 Å². The molecule has 1 fully saturated rings. The van der Waals surface area contributed by atoms with Crippen molar-refractivity contribution in [2.75, 3.05) is 32.9 Å². The van der Waals surface area contributed by atoms with Crippen molar-refractivity contribution in [3.05, 3.63) is 30.1 Å². The molecule has 1 aliphatic heterocycles. The Labute approximate surface area is 126 Å². The minimum atomic E-state index is -3.36. The molecule has 1 aromatic rings. The Balaban J connectivity index is 2.03. The SMILES string of the molecule is CN(C)CC1CC(O)CN1S(=O)(=O)CCc1ccncc1. The molecule has 0 aromatic carbocycles. The van der Waals surface area contributed by atoms with Gasteiger partial charge in [0.15, 0.2) is 0 Å². The zero-order valence-corrected chi connectivity index (χ0v) is 13.3. The highest BCUT2D eigenvalue weighted by molar-refractivity contribution is 7.89. The zero-order valence-electron chi connectivity index (χ0n) is 12.5. The van der Waals surface area contributed by atoms with Gasteiger partial charge in [-0.2, -0.15) is 4.31 Å². The van der Waals surface area contributed by atoms with E-state index in [9.17, 15) is 13.5 Å². The number of aliphatic hydroxyl groups excluding tert-OH is 1. The molecular weight excluding hydrogens is 290 g/mol. The van der Waals surface area contributed by atoms with Gasteiger partial charge >= 0.3 is 0 Å². The van der Waals surface area contributed by atoms with Crippen molar-refractivity contribution in [3.8, 4) is 0 Å². The molecule has 7 heteroatoms. The molecule has 0 amide bonds. The fourth-order valence-corrected chi connectivity index (χ4v) is 4.44. The zero-order chi connectivity index (χ0) is 15.5. The van der Waals surface area contributed by atoms with Crippen LogP contribution in [0.25, 0.3) is 0 Å². The monoisotopic (exact) mass is 313 g/mol. The average Bonchev–Trinajstić information content (AvgIpc) is 2.78. The van der Waals surface area contributed by atoms with E-state index in [0.29, 0.717) is 19.4 Å². The average molecular weight is 313 g/mol. The third kappa shape index (κ3) is 4.47. The maximum Gasteiger partial charge on any atom is 0.214 e.